The lowest BCUT2D eigenvalue weighted by Gasteiger charge is -2.25. The number of furan rings is 1. The van der Waals surface area contributed by atoms with Gasteiger partial charge in [-0.25, -0.2) is 14.5 Å². The van der Waals surface area contributed by atoms with Gasteiger partial charge in [-0.3, -0.25) is 0 Å². The minimum Gasteiger partial charge on any atom is -0.475 e. The highest BCUT2D eigenvalue weighted by atomic mass is 16.5. The van der Waals surface area contributed by atoms with Gasteiger partial charge in [0.15, 0.2) is 11.4 Å². The normalized spacial score (nSPS) is 11.6. The summed E-state index contributed by atoms with van der Waals surface area (Å²) in [5.74, 6) is 2.39. The van der Waals surface area contributed by atoms with Crippen LogP contribution in [0.25, 0.3) is 28.1 Å². The molecule has 4 aromatic heterocycles. The van der Waals surface area contributed by atoms with Crippen LogP contribution in [0.1, 0.15) is 13.8 Å². The number of ether oxygens (including phenoxy) is 1. The molecule has 4 rings (SSSR count). The number of aliphatic hydroxyl groups is 1. The van der Waals surface area contributed by atoms with Crippen LogP contribution in [-0.2, 0) is 0 Å². The highest BCUT2D eigenvalue weighted by Crippen LogP contribution is 2.33. The lowest BCUT2D eigenvalue weighted by molar-refractivity contribution is 0.300. The van der Waals surface area contributed by atoms with Gasteiger partial charge in [0.2, 0.25) is 5.88 Å². The lowest BCUT2D eigenvalue weighted by atomic mass is 10.2. The largest absolute Gasteiger partial charge is 0.475 e. The minimum atomic E-state index is 0.0585. The fourth-order valence-corrected chi connectivity index (χ4v) is 3.53. The van der Waals surface area contributed by atoms with Crippen molar-refractivity contribution >= 4 is 22.4 Å². The number of aromatic nitrogens is 4. The Labute approximate surface area is 180 Å². The topological polar surface area (TPSA) is 101 Å². The average Bonchev–Trinajstić information content (AvgIpc) is 3.36. The third-order valence-corrected chi connectivity index (χ3v) is 4.87. The first-order valence-electron chi connectivity index (χ1n) is 10.5. The molecule has 4 aromatic rings. The van der Waals surface area contributed by atoms with Gasteiger partial charge in [-0.1, -0.05) is 13.8 Å². The van der Waals surface area contributed by atoms with Gasteiger partial charge < -0.3 is 24.5 Å². The van der Waals surface area contributed by atoms with Crippen molar-refractivity contribution in [2.45, 2.75) is 13.8 Å². The standard InChI is InChI=1S/C22H28N6O3/c1-15(2)14-27(9-10-29)22-16-12-19(31-18(16)6-7-24-22)17-13-25-20-4-5-21(26-28(17)20)30-11-8-23-3/h4-7,12-13,15,23,29H,8-11,14H2,1-3H3. The first kappa shape index (κ1) is 21.1. The Kier molecular flexibility index (Phi) is 6.34. The van der Waals surface area contributed by atoms with Crippen molar-refractivity contribution in [1.29, 1.82) is 0 Å². The predicted molar refractivity (Wildman–Crippen MR) is 120 cm³/mol. The summed E-state index contributed by atoms with van der Waals surface area (Å²) in [5, 5.41) is 18.0. The van der Waals surface area contributed by atoms with E-state index in [1.54, 1.807) is 23.0 Å². The molecule has 0 unspecified atom stereocenters. The van der Waals surface area contributed by atoms with Gasteiger partial charge in [0, 0.05) is 31.9 Å². The first-order chi connectivity index (χ1) is 15.1. The number of likely N-dealkylation sites (N-methyl/N-ethyl adjacent to an activating group) is 1. The van der Waals surface area contributed by atoms with Crippen molar-refractivity contribution in [3.8, 4) is 17.3 Å². The maximum atomic E-state index is 9.53. The quantitative estimate of drug-likeness (QED) is 0.375. The van der Waals surface area contributed by atoms with Crippen molar-refractivity contribution in [3.63, 3.8) is 0 Å². The maximum absolute atomic E-state index is 9.53. The summed E-state index contributed by atoms with van der Waals surface area (Å²) in [7, 11) is 1.88. The molecule has 164 valence electrons. The summed E-state index contributed by atoms with van der Waals surface area (Å²) in [6.45, 7) is 6.90. The number of aliphatic hydroxyl groups excluding tert-OH is 1. The Morgan fingerprint density at radius 3 is 2.90 bits per heavy atom. The van der Waals surface area contributed by atoms with E-state index >= 15 is 0 Å². The highest BCUT2D eigenvalue weighted by Gasteiger charge is 2.19. The van der Waals surface area contributed by atoms with Crippen molar-refractivity contribution in [3.05, 3.63) is 36.7 Å². The third kappa shape index (κ3) is 4.47. The van der Waals surface area contributed by atoms with E-state index in [0.29, 0.717) is 36.4 Å². The van der Waals surface area contributed by atoms with Crippen LogP contribution < -0.4 is 15.0 Å². The predicted octanol–water partition coefficient (Wildman–Crippen LogP) is 2.59. The number of imidazole rings is 1. The van der Waals surface area contributed by atoms with Crippen molar-refractivity contribution in [2.24, 2.45) is 5.92 Å². The van der Waals surface area contributed by atoms with Crippen molar-refractivity contribution in [1.82, 2.24) is 24.9 Å². The Morgan fingerprint density at radius 1 is 1.26 bits per heavy atom. The summed E-state index contributed by atoms with van der Waals surface area (Å²) < 4.78 is 13.6. The average molecular weight is 425 g/mol. The molecule has 4 heterocycles. The Bertz CT molecular complexity index is 1150. The van der Waals surface area contributed by atoms with Crippen molar-refractivity contribution in [2.75, 3.05) is 44.8 Å². The summed E-state index contributed by atoms with van der Waals surface area (Å²) >= 11 is 0. The van der Waals surface area contributed by atoms with Gasteiger partial charge >= 0.3 is 0 Å². The van der Waals surface area contributed by atoms with Gasteiger partial charge in [0.05, 0.1) is 18.2 Å². The summed E-state index contributed by atoms with van der Waals surface area (Å²) in [5.41, 5.74) is 2.16. The molecule has 0 spiro atoms. The zero-order valence-corrected chi connectivity index (χ0v) is 18.1. The molecular formula is C22H28N6O3. The Balaban J connectivity index is 1.73. The molecule has 0 saturated carbocycles. The fraction of sp³-hybridized carbons (Fsp3) is 0.409. The van der Waals surface area contributed by atoms with Crippen LogP contribution in [0, 0.1) is 5.92 Å². The number of hydrogen-bond donors (Lipinski definition) is 2. The molecule has 0 aromatic carbocycles. The molecule has 0 atom stereocenters. The van der Waals surface area contributed by atoms with Gasteiger partial charge in [-0.2, -0.15) is 0 Å². The second-order valence-electron chi connectivity index (χ2n) is 7.76. The van der Waals surface area contributed by atoms with Crippen LogP contribution in [0.2, 0.25) is 0 Å². The molecule has 0 saturated heterocycles. The molecule has 0 aliphatic heterocycles. The van der Waals surface area contributed by atoms with Crippen LogP contribution in [0.15, 0.2) is 41.1 Å². The molecular weight excluding hydrogens is 396 g/mol. The molecule has 2 N–H and O–H groups in total. The van der Waals surface area contributed by atoms with Crippen LogP contribution >= 0.6 is 0 Å². The van der Waals surface area contributed by atoms with E-state index in [4.69, 9.17) is 9.15 Å². The highest BCUT2D eigenvalue weighted by molar-refractivity contribution is 5.91. The van der Waals surface area contributed by atoms with E-state index in [9.17, 15) is 5.11 Å². The number of fused-ring (bicyclic) bond motifs is 2. The number of pyridine rings is 1. The van der Waals surface area contributed by atoms with E-state index < -0.39 is 0 Å². The van der Waals surface area contributed by atoms with Crippen LogP contribution in [-0.4, -0.2) is 64.6 Å². The van der Waals surface area contributed by atoms with Crippen molar-refractivity contribution < 1.29 is 14.3 Å². The number of anilines is 1. The van der Waals surface area contributed by atoms with Crippen LogP contribution in [0.4, 0.5) is 5.82 Å². The minimum absolute atomic E-state index is 0.0585. The molecule has 0 aliphatic carbocycles. The molecule has 9 nitrogen and oxygen atoms in total. The van der Waals surface area contributed by atoms with Gasteiger partial charge in [0.25, 0.3) is 0 Å². The lowest BCUT2D eigenvalue weighted by Crippen LogP contribution is -2.31. The van der Waals surface area contributed by atoms with Crippen LogP contribution in [0.5, 0.6) is 5.88 Å². The number of nitrogens with one attached hydrogen (secondary N) is 1. The SMILES string of the molecule is CNCCOc1ccc2ncc(-c3cc4c(N(CCO)CC(C)C)nccc4o3)n2n1. The van der Waals surface area contributed by atoms with E-state index in [1.165, 1.54) is 0 Å². The molecule has 0 fully saturated rings. The molecule has 31 heavy (non-hydrogen) atoms. The fourth-order valence-electron chi connectivity index (χ4n) is 3.53. The summed E-state index contributed by atoms with van der Waals surface area (Å²) in [6.07, 6.45) is 3.47. The monoisotopic (exact) mass is 424 g/mol. The molecule has 0 amide bonds. The zero-order chi connectivity index (χ0) is 21.8. The van der Waals surface area contributed by atoms with E-state index in [0.717, 1.165) is 35.6 Å². The smallest absolute Gasteiger partial charge is 0.231 e. The summed E-state index contributed by atoms with van der Waals surface area (Å²) in [4.78, 5) is 11.1. The maximum Gasteiger partial charge on any atom is 0.231 e. The van der Waals surface area contributed by atoms with Gasteiger partial charge in [0.1, 0.15) is 23.7 Å². The third-order valence-electron chi connectivity index (χ3n) is 4.87. The van der Waals surface area contributed by atoms with Crippen LogP contribution in [0.3, 0.4) is 0 Å². The number of hydrogen-bond acceptors (Lipinski definition) is 8. The van der Waals surface area contributed by atoms with Gasteiger partial charge in [-0.15, -0.1) is 5.10 Å². The first-order valence-corrected chi connectivity index (χ1v) is 10.5. The van der Waals surface area contributed by atoms with E-state index in [2.05, 4.69) is 39.1 Å². The molecule has 0 radical (unpaired) electrons. The molecule has 9 heteroatoms. The van der Waals surface area contributed by atoms with E-state index in [-0.39, 0.29) is 6.61 Å². The second-order valence-corrected chi connectivity index (χ2v) is 7.76. The Hall–Kier alpha value is -3.17. The summed E-state index contributed by atoms with van der Waals surface area (Å²) in [6, 6.07) is 7.48. The molecule has 0 aliphatic rings. The Morgan fingerprint density at radius 2 is 2.13 bits per heavy atom. The number of nitrogens with zero attached hydrogens (tertiary/aromatic N) is 5. The van der Waals surface area contributed by atoms with E-state index in [1.807, 2.05) is 25.2 Å². The van der Waals surface area contributed by atoms with Gasteiger partial charge in [-0.05, 0) is 31.2 Å². The molecule has 0 bridgehead atoms. The second kappa shape index (κ2) is 9.32. The zero-order valence-electron chi connectivity index (χ0n) is 18.1. The number of rotatable bonds is 10.